The molecule has 0 unspecified atom stereocenters. The van der Waals surface area contributed by atoms with Crippen LogP contribution in [0.2, 0.25) is 5.02 Å². The lowest BCUT2D eigenvalue weighted by Crippen LogP contribution is -2.12. The van der Waals surface area contributed by atoms with E-state index in [1.54, 1.807) is 12.1 Å². The molecule has 0 bridgehead atoms. The molecular formula is C13H10ClN3O4. The molecule has 0 amide bonds. The number of nitrogens with two attached hydrogens (primary N) is 1. The summed E-state index contributed by atoms with van der Waals surface area (Å²) in [7, 11) is 0. The zero-order valence-electron chi connectivity index (χ0n) is 10.6. The average Bonchev–Trinajstić information content (AvgIpc) is 2.49. The topological polar surface area (TPSA) is 111 Å². The highest BCUT2D eigenvalue weighted by atomic mass is 35.5. The molecule has 3 N–H and O–H groups in total. The highest BCUT2D eigenvalue weighted by Gasteiger charge is 2.19. The van der Waals surface area contributed by atoms with E-state index < -0.39 is 4.92 Å². The number of amidine groups is 1. The number of benzene rings is 2. The maximum atomic E-state index is 11.0. The number of ether oxygens (including phenoxy) is 1. The van der Waals surface area contributed by atoms with Crippen LogP contribution in [0.1, 0.15) is 5.56 Å². The summed E-state index contributed by atoms with van der Waals surface area (Å²) in [6.07, 6.45) is 0. The number of nitro benzene ring substituents is 1. The van der Waals surface area contributed by atoms with Crippen LogP contribution in [0, 0.1) is 10.1 Å². The summed E-state index contributed by atoms with van der Waals surface area (Å²) in [5.41, 5.74) is 5.69. The average molecular weight is 308 g/mol. The molecule has 21 heavy (non-hydrogen) atoms. The van der Waals surface area contributed by atoms with Crippen molar-refractivity contribution in [1.29, 1.82) is 0 Å². The van der Waals surface area contributed by atoms with Gasteiger partial charge < -0.3 is 15.7 Å². The van der Waals surface area contributed by atoms with Crippen molar-refractivity contribution in [2.24, 2.45) is 10.9 Å². The van der Waals surface area contributed by atoms with E-state index in [-0.39, 0.29) is 22.3 Å². The summed E-state index contributed by atoms with van der Waals surface area (Å²) < 4.78 is 5.45. The van der Waals surface area contributed by atoms with Crippen LogP contribution in [0.5, 0.6) is 11.5 Å². The molecular weight excluding hydrogens is 298 g/mol. The number of nitrogens with zero attached hydrogens (tertiary/aromatic N) is 2. The van der Waals surface area contributed by atoms with Gasteiger partial charge in [-0.3, -0.25) is 10.1 Å². The predicted molar refractivity (Wildman–Crippen MR) is 77.1 cm³/mol. The quantitative estimate of drug-likeness (QED) is 0.296. The zero-order chi connectivity index (χ0) is 15.4. The third-order valence-corrected chi connectivity index (χ3v) is 2.92. The first kappa shape index (κ1) is 14.6. The predicted octanol–water partition coefficient (Wildman–Crippen LogP) is 3.14. The third kappa shape index (κ3) is 3.21. The van der Waals surface area contributed by atoms with Gasteiger partial charge in [0, 0.05) is 11.6 Å². The molecule has 0 aliphatic heterocycles. The Kier molecular flexibility index (Phi) is 4.24. The fraction of sp³-hybridized carbons (Fsp3) is 0. The van der Waals surface area contributed by atoms with Crippen LogP contribution in [0.25, 0.3) is 0 Å². The van der Waals surface area contributed by atoms with E-state index in [0.29, 0.717) is 11.3 Å². The van der Waals surface area contributed by atoms with Gasteiger partial charge in [-0.25, -0.2) is 0 Å². The first-order chi connectivity index (χ1) is 10.0. The van der Waals surface area contributed by atoms with E-state index in [1.165, 1.54) is 30.3 Å². The van der Waals surface area contributed by atoms with Gasteiger partial charge in [-0.2, -0.15) is 0 Å². The zero-order valence-corrected chi connectivity index (χ0v) is 11.3. The molecule has 2 aromatic carbocycles. The van der Waals surface area contributed by atoms with Gasteiger partial charge in [-0.05, 0) is 30.3 Å². The molecule has 0 aliphatic rings. The molecule has 2 aromatic rings. The second-order valence-electron chi connectivity index (χ2n) is 3.96. The normalized spacial score (nSPS) is 11.2. The van der Waals surface area contributed by atoms with Crippen molar-refractivity contribution in [3.8, 4) is 11.5 Å². The molecule has 108 valence electrons. The Balaban J connectivity index is 2.33. The van der Waals surface area contributed by atoms with E-state index in [0.717, 1.165) is 0 Å². The van der Waals surface area contributed by atoms with Gasteiger partial charge in [0.05, 0.1) is 9.95 Å². The molecule has 8 heteroatoms. The molecule has 2 rings (SSSR count). The molecule has 0 saturated heterocycles. The molecule has 0 saturated carbocycles. The second-order valence-corrected chi connectivity index (χ2v) is 4.36. The Bertz CT molecular complexity index is 701. The van der Waals surface area contributed by atoms with Crippen molar-refractivity contribution in [1.82, 2.24) is 0 Å². The number of rotatable bonds is 4. The minimum Gasteiger partial charge on any atom is -0.449 e. The first-order valence-electron chi connectivity index (χ1n) is 5.71. The van der Waals surface area contributed by atoms with E-state index in [2.05, 4.69) is 5.16 Å². The summed E-state index contributed by atoms with van der Waals surface area (Å²) in [5, 5.41) is 22.5. The maximum Gasteiger partial charge on any atom is 0.313 e. The molecule has 0 radical (unpaired) electrons. The lowest BCUT2D eigenvalue weighted by atomic mass is 10.2. The van der Waals surface area contributed by atoms with E-state index in [1.807, 2.05) is 0 Å². The minimum absolute atomic E-state index is 0.0410. The number of nitro groups is 1. The summed E-state index contributed by atoms with van der Waals surface area (Å²) >= 11 is 5.93. The summed E-state index contributed by atoms with van der Waals surface area (Å²) in [6.45, 7) is 0. The van der Waals surface area contributed by atoms with Crippen LogP contribution in [0.15, 0.2) is 47.6 Å². The molecule has 0 spiro atoms. The second kappa shape index (κ2) is 6.10. The van der Waals surface area contributed by atoms with Gasteiger partial charge in [0.1, 0.15) is 5.75 Å². The van der Waals surface area contributed by atoms with Crippen molar-refractivity contribution >= 4 is 23.1 Å². The summed E-state index contributed by atoms with van der Waals surface area (Å²) in [6, 6.07) is 10.4. The van der Waals surface area contributed by atoms with Crippen LogP contribution < -0.4 is 10.5 Å². The Hall–Kier alpha value is -2.80. The Morgan fingerprint density at radius 1 is 1.29 bits per heavy atom. The van der Waals surface area contributed by atoms with Gasteiger partial charge in [0.2, 0.25) is 5.75 Å². The Morgan fingerprint density at radius 3 is 2.52 bits per heavy atom. The highest BCUT2D eigenvalue weighted by Crippen LogP contribution is 2.37. The van der Waals surface area contributed by atoms with Crippen LogP contribution in [-0.2, 0) is 0 Å². The molecule has 7 nitrogen and oxygen atoms in total. The number of hydrogen-bond donors (Lipinski definition) is 2. The summed E-state index contributed by atoms with van der Waals surface area (Å²) in [5.74, 6) is 0.242. The lowest BCUT2D eigenvalue weighted by molar-refractivity contribution is -0.385. The van der Waals surface area contributed by atoms with Gasteiger partial charge in [0.15, 0.2) is 5.84 Å². The van der Waals surface area contributed by atoms with Gasteiger partial charge in [-0.15, -0.1) is 0 Å². The molecule has 0 fully saturated rings. The van der Waals surface area contributed by atoms with Crippen molar-refractivity contribution in [2.45, 2.75) is 0 Å². The molecule has 0 aromatic heterocycles. The summed E-state index contributed by atoms with van der Waals surface area (Å²) in [4.78, 5) is 10.4. The van der Waals surface area contributed by atoms with E-state index in [4.69, 9.17) is 27.3 Å². The van der Waals surface area contributed by atoms with Crippen LogP contribution >= 0.6 is 11.6 Å². The van der Waals surface area contributed by atoms with Gasteiger partial charge in [0.25, 0.3) is 0 Å². The van der Waals surface area contributed by atoms with E-state index in [9.17, 15) is 10.1 Å². The van der Waals surface area contributed by atoms with Crippen molar-refractivity contribution in [3.63, 3.8) is 0 Å². The third-order valence-electron chi connectivity index (χ3n) is 2.62. The largest absolute Gasteiger partial charge is 0.449 e. The maximum absolute atomic E-state index is 11.0. The first-order valence-corrected chi connectivity index (χ1v) is 6.09. The van der Waals surface area contributed by atoms with Crippen LogP contribution in [0.3, 0.4) is 0 Å². The monoisotopic (exact) mass is 307 g/mol. The fourth-order valence-electron chi connectivity index (χ4n) is 1.61. The lowest BCUT2D eigenvalue weighted by Gasteiger charge is -2.08. The SMILES string of the molecule is N/C(=N/O)c1ccc(Oc2c(Cl)cccc2[N+](=O)[O-])cc1. The fourth-order valence-corrected chi connectivity index (χ4v) is 1.82. The standard InChI is InChI=1S/C13H10ClN3O4/c14-10-2-1-3-11(17(19)20)12(10)21-9-6-4-8(5-7-9)13(15)16-18/h1-7,18H,(H2,15,16). The van der Waals surface area contributed by atoms with Crippen LogP contribution in [-0.4, -0.2) is 16.0 Å². The van der Waals surface area contributed by atoms with Crippen LogP contribution in [0.4, 0.5) is 5.69 Å². The van der Waals surface area contributed by atoms with Crippen molar-refractivity contribution < 1.29 is 14.9 Å². The Morgan fingerprint density at radius 2 is 1.95 bits per heavy atom. The van der Waals surface area contributed by atoms with Gasteiger partial charge in [-0.1, -0.05) is 22.8 Å². The number of para-hydroxylation sites is 1. The highest BCUT2D eigenvalue weighted by molar-refractivity contribution is 6.32. The van der Waals surface area contributed by atoms with Gasteiger partial charge >= 0.3 is 5.69 Å². The minimum atomic E-state index is -0.577. The molecule has 0 atom stereocenters. The van der Waals surface area contributed by atoms with Crippen molar-refractivity contribution in [3.05, 3.63) is 63.2 Å². The molecule has 0 heterocycles. The van der Waals surface area contributed by atoms with E-state index >= 15 is 0 Å². The Labute approximate surface area is 124 Å². The molecule has 0 aliphatic carbocycles. The number of oxime groups is 1. The number of halogens is 1. The van der Waals surface area contributed by atoms with Crippen molar-refractivity contribution in [2.75, 3.05) is 0 Å². The smallest absolute Gasteiger partial charge is 0.313 e. The number of hydrogen-bond acceptors (Lipinski definition) is 5.